The van der Waals surface area contributed by atoms with Crippen LogP contribution in [0.3, 0.4) is 0 Å². The largest absolute Gasteiger partial charge is 0.453 e. The Hall–Kier alpha value is -2.88. The summed E-state index contributed by atoms with van der Waals surface area (Å²) >= 11 is 6.00. The maximum Gasteiger partial charge on any atom is 0.453 e. The molecule has 1 amide bonds. The molecular weight excluding hydrogens is 445 g/mol. The summed E-state index contributed by atoms with van der Waals surface area (Å²) in [5.74, 6) is -0.638. The summed E-state index contributed by atoms with van der Waals surface area (Å²) in [5.41, 5.74) is 1.86. The van der Waals surface area contributed by atoms with Crippen LogP contribution in [0.5, 0.6) is 0 Å². The third-order valence-electron chi connectivity index (χ3n) is 5.59. The molecule has 3 aromatic rings. The molecular formula is C21H22ClF3N6O. The topological polar surface area (TPSA) is 75.4 Å². The van der Waals surface area contributed by atoms with E-state index in [1.54, 1.807) is 6.07 Å². The van der Waals surface area contributed by atoms with Crippen LogP contribution < -0.4 is 10.2 Å². The van der Waals surface area contributed by atoms with Gasteiger partial charge in [0.25, 0.3) is 5.82 Å². The van der Waals surface area contributed by atoms with Crippen LogP contribution in [0.2, 0.25) is 0 Å². The molecule has 32 heavy (non-hydrogen) atoms. The molecule has 3 heterocycles. The monoisotopic (exact) mass is 466 g/mol. The molecule has 1 atom stereocenters. The molecule has 11 heteroatoms. The summed E-state index contributed by atoms with van der Waals surface area (Å²) in [7, 11) is 0. The Morgan fingerprint density at radius 1 is 1.22 bits per heavy atom. The molecule has 1 fully saturated rings. The van der Waals surface area contributed by atoms with Crippen molar-refractivity contribution in [2.75, 3.05) is 23.3 Å². The third-order valence-corrected chi connectivity index (χ3v) is 6.10. The van der Waals surface area contributed by atoms with Gasteiger partial charge in [0, 0.05) is 18.8 Å². The zero-order valence-corrected chi connectivity index (χ0v) is 18.1. The summed E-state index contributed by atoms with van der Waals surface area (Å²) in [5, 5.41) is 13.2. The molecule has 0 bridgehead atoms. The molecule has 4 rings (SSSR count). The first-order chi connectivity index (χ1) is 15.3. The second kappa shape index (κ2) is 8.93. The van der Waals surface area contributed by atoms with Gasteiger partial charge >= 0.3 is 6.18 Å². The predicted molar refractivity (Wildman–Crippen MR) is 115 cm³/mol. The smallest absolute Gasteiger partial charge is 0.355 e. The number of fused-ring (bicyclic) bond motifs is 1. The highest BCUT2D eigenvalue weighted by atomic mass is 35.5. The highest BCUT2D eigenvalue weighted by Gasteiger charge is 2.38. The fourth-order valence-electron chi connectivity index (χ4n) is 3.84. The molecule has 1 aromatic carbocycles. The van der Waals surface area contributed by atoms with Crippen molar-refractivity contribution in [2.45, 2.75) is 43.7 Å². The average molecular weight is 467 g/mol. The van der Waals surface area contributed by atoms with Crippen molar-refractivity contribution in [3.05, 3.63) is 47.8 Å². The van der Waals surface area contributed by atoms with E-state index in [2.05, 4.69) is 20.6 Å². The van der Waals surface area contributed by atoms with Crippen LogP contribution >= 0.6 is 11.6 Å². The van der Waals surface area contributed by atoms with Crippen LogP contribution in [0, 0.1) is 0 Å². The zero-order chi connectivity index (χ0) is 22.9. The van der Waals surface area contributed by atoms with Crippen molar-refractivity contribution >= 4 is 34.7 Å². The molecule has 0 spiro atoms. The van der Waals surface area contributed by atoms with Crippen molar-refractivity contribution in [2.24, 2.45) is 0 Å². The highest BCUT2D eigenvalue weighted by molar-refractivity contribution is 6.32. The molecule has 170 valence electrons. The van der Waals surface area contributed by atoms with Crippen molar-refractivity contribution < 1.29 is 18.0 Å². The first-order valence-electron chi connectivity index (χ1n) is 10.4. The minimum absolute atomic E-state index is 0.0529. The summed E-state index contributed by atoms with van der Waals surface area (Å²) in [4.78, 5) is 14.0. The van der Waals surface area contributed by atoms with Gasteiger partial charge in [0.15, 0.2) is 5.65 Å². The number of amides is 1. The van der Waals surface area contributed by atoms with Crippen LogP contribution in [0.1, 0.15) is 43.5 Å². The molecule has 7 nitrogen and oxygen atoms in total. The number of benzene rings is 1. The van der Waals surface area contributed by atoms with Crippen molar-refractivity contribution in [1.82, 2.24) is 19.8 Å². The van der Waals surface area contributed by atoms with Crippen LogP contribution in [-0.4, -0.2) is 44.2 Å². The normalized spacial score (nSPS) is 16.3. The highest BCUT2D eigenvalue weighted by Crippen LogP contribution is 2.32. The third kappa shape index (κ3) is 4.64. The van der Waals surface area contributed by atoms with Gasteiger partial charge in [-0.3, -0.25) is 4.79 Å². The van der Waals surface area contributed by atoms with Crippen molar-refractivity contribution in [1.29, 1.82) is 0 Å². The molecule has 1 unspecified atom stereocenters. The number of hydrogen-bond acceptors (Lipinski definition) is 5. The molecule has 0 saturated carbocycles. The fraction of sp³-hybridized carbons (Fsp3) is 0.429. The lowest BCUT2D eigenvalue weighted by Gasteiger charge is -2.33. The summed E-state index contributed by atoms with van der Waals surface area (Å²) < 4.78 is 40.1. The number of carbonyl (C=O) groups is 1. The first-order valence-corrected chi connectivity index (χ1v) is 10.8. The van der Waals surface area contributed by atoms with Gasteiger partial charge in [-0.1, -0.05) is 19.1 Å². The maximum absolute atomic E-state index is 13.1. The molecule has 0 radical (unpaired) electrons. The second-order valence-corrected chi connectivity index (χ2v) is 8.26. The number of rotatable bonds is 5. The number of carbonyl (C=O) groups excluding carboxylic acids is 1. The summed E-state index contributed by atoms with van der Waals surface area (Å²) in [6.07, 6.45) is -2.47. The lowest BCUT2D eigenvalue weighted by molar-refractivity contribution is -0.146. The Balaban J connectivity index is 1.45. The molecule has 2 aromatic heterocycles. The van der Waals surface area contributed by atoms with Crippen LogP contribution in [-0.2, 0) is 11.0 Å². The number of aromatic nitrogens is 4. The Bertz CT molecular complexity index is 1110. The standard InChI is InChI=1S/C21H22ClF3N6O/c1-2-16(22)19(32)26-15-5-3-4-14(12-15)13-8-10-30(11-9-13)18-7-6-17-27-28-20(21(23,24)25)31(17)29-18/h3-7,12-13,16H,2,8-11H2,1H3,(H,26,32). The molecule has 0 aliphatic carbocycles. The Morgan fingerprint density at radius 3 is 2.66 bits per heavy atom. The lowest BCUT2D eigenvalue weighted by Crippen LogP contribution is -2.34. The van der Waals surface area contributed by atoms with Gasteiger partial charge in [-0.2, -0.15) is 17.7 Å². The van der Waals surface area contributed by atoms with E-state index in [0.717, 1.165) is 22.9 Å². The minimum atomic E-state index is -4.63. The number of hydrogen-bond donors (Lipinski definition) is 1. The molecule has 1 saturated heterocycles. The summed E-state index contributed by atoms with van der Waals surface area (Å²) in [6.45, 7) is 3.13. The van der Waals surface area contributed by atoms with Gasteiger partial charge in [-0.15, -0.1) is 26.9 Å². The van der Waals surface area contributed by atoms with E-state index >= 15 is 0 Å². The van der Waals surface area contributed by atoms with E-state index in [4.69, 9.17) is 11.6 Å². The van der Waals surface area contributed by atoms with E-state index in [1.165, 1.54) is 6.07 Å². The average Bonchev–Trinajstić information content (AvgIpc) is 3.22. The van der Waals surface area contributed by atoms with Gasteiger partial charge < -0.3 is 10.2 Å². The second-order valence-electron chi connectivity index (χ2n) is 7.73. The number of halogens is 4. The van der Waals surface area contributed by atoms with Crippen LogP contribution in [0.4, 0.5) is 24.7 Å². The van der Waals surface area contributed by atoms with Crippen LogP contribution in [0.25, 0.3) is 5.65 Å². The van der Waals surface area contributed by atoms with Crippen molar-refractivity contribution in [3.8, 4) is 0 Å². The van der Waals surface area contributed by atoms with E-state index in [9.17, 15) is 18.0 Å². The van der Waals surface area contributed by atoms with E-state index in [0.29, 0.717) is 31.0 Å². The molecule has 1 aliphatic rings. The number of anilines is 2. The van der Waals surface area contributed by atoms with Gasteiger partial charge in [-0.05, 0) is 55.0 Å². The number of piperidine rings is 1. The van der Waals surface area contributed by atoms with E-state index < -0.39 is 17.4 Å². The van der Waals surface area contributed by atoms with E-state index in [1.807, 2.05) is 36.1 Å². The maximum atomic E-state index is 13.1. The zero-order valence-electron chi connectivity index (χ0n) is 17.3. The molecule has 1 aliphatic heterocycles. The first kappa shape index (κ1) is 22.3. The molecule has 1 N–H and O–H groups in total. The Morgan fingerprint density at radius 2 is 1.97 bits per heavy atom. The SMILES string of the molecule is CCC(Cl)C(=O)Nc1cccc(C2CCN(c3ccc4nnc(C(F)(F)F)n4n3)CC2)c1. The van der Waals surface area contributed by atoms with Crippen molar-refractivity contribution in [3.63, 3.8) is 0 Å². The van der Waals surface area contributed by atoms with Crippen LogP contribution in [0.15, 0.2) is 36.4 Å². The Labute approximate surface area is 187 Å². The predicted octanol–water partition coefficient (Wildman–Crippen LogP) is 4.48. The van der Waals surface area contributed by atoms with Gasteiger partial charge in [0.1, 0.15) is 11.2 Å². The minimum Gasteiger partial charge on any atom is -0.355 e. The number of nitrogens with zero attached hydrogens (tertiary/aromatic N) is 5. The summed E-state index contributed by atoms with van der Waals surface area (Å²) in [6, 6.07) is 10.8. The quantitative estimate of drug-likeness (QED) is 0.561. The number of nitrogens with one attached hydrogen (secondary N) is 1. The van der Waals surface area contributed by atoms with E-state index in [-0.39, 0.29) is 17.5 Å². The van der Waals surface area contributed by atoms with Gasteiger partial charge in [-0.25, -0.2) is 0 Å². The number of alkyl halides is 4. The van der Waals surface area contributed by atoms with Gasteiger partial charge in [0.2, 0.25) is 5.91 Å². The fourth-order valence-corrected chi connectivity index (χ4v) is 3.90. The Kier molecular flexibility index (Phi) is 6.23. The lowest BCUT2D eigenvalue weighted by atomic mass is 9.89. The van der Waals surface area contributed by atoms with Gasteiger partial charge in [0.05, 0.1) is 0 Å².